The molecule has 1 aromatic carbocycles. The van der Waals surface area contributed by atoms with Gasteiger partial charge in [-0.15, -0.1) is 0 Å². The van der Waals surface area contributed by atoms with Gasteiger partial charge in [0.25, 0.3) is 0 Å². The summed E-state index contributed by atoms with van der Waals surface area (Å²) in [6, 6.07) is 7.85. The third-order valence-electron chi connectivity index (χ3n) is 2.69. The predicted molar refractivity (Wildman–Crippen MR) is 62.1 cm³/mol. The van der Waals surface area contributed by atoms with E-state index in [-0.39, 0.29) is 0 Å². The smallest absolute Gasteiger partial charge is 0.0720 e. The van der Waals surface area contributed by atoms with E-state index in [1.165, 1.54) is 5.56 Å². The quantitative estimate of drug-likeness (QED) is 0.854. The summed E-state index contributed by atoms with van der Waals surface area (Å²) in [6.07, 6.45) is 2.66. The number of hydrogen-bond donors (Lipinski definition) is 1. The fourth-order valence-electron chi connectivity index (χ4n) is 1.76. The highest BCUT2D eigenvalue weighted by atomic mass is 35.5. The SMILES string of the molecule is Clc1ccc(COC2CCNCC2)cc1. The molecule has 0 unspecified atom stereocenters. The normalized spacial score (nSPS) is 17.9. The largest absolute Gasteiger partial charge is 0.373 e. The molecule has 82 valence electrons. The Morgan fingerprint density at radius 1 is 1.20 bits per heavy atom. The highest BCUT2D eigenvalue weighted by Gasteiger charge is 2.12. The summed E-state index contributed by atoms with van der Waals surface area (Å²) >= 11 is 5.81. The van der Waals surface area contributed by atoms with Crippen molar-refractivity contribution in [3.05, 3.63) is 34.9 Å². The first-order valence-corrected chi connectivity index (χ1v) is 5.79. The second kappa shape index (κ2) is 5.50. The number of halogens is 1. The Kier molecular flexibility index (Phi) is 4.01. The van der Waals surface area contributed by atoms with Crippen molar-refractivity contribution < 1.29 is 4.74 Å². The number of ether oxygens (including phenoxy) is 1. The molecule has 0 atom stereocenters. The minimum Gasteiger partial charge on any atom is -0.373 e. The molecule has 0 radical (unpaired) electrons. The van der Waals surface area contributed by atoms with Crippen LogP contribution in [-0.4, -0.2) is 19.2 Å². The van der Waals surface area contributed by atoms with Crippen LogP contribution in [0.15, 0.2) is 24.3 Å². The Bertz CT molecular complexity index is 293. The highest BCUT2D eigenvalue weighted by molar-refractivity contribution is 6.30. The summed E-state index contributed by atoms with van der Waals surface area (Å²) in [5.41, 5.74) is 1.19. The first-order valence-electron chi connectivity index (χ1n) is 5.41. The van der Waals surface area contributed by atoms with Gasteiger partial charge >= 0.3 is 0 Å². The molecule has 15 heavy (non-hydrogen) atoms. The molecule has 0 saturated carbocycles. The van der Waals surface area contributed by atoms with E-state index in [2.05, 4.69) is 5.32 Å². The van der Waals surface area contributed by atoms with Crippen molar-refractivity contribution in [1.29, 1.82) is 0 Å². The molecule has 2 nitrogen and oxygen atoms in total. The van der Waals surface area contributed by atoms with Crippen LogP contribution in [0.25, 0.3) is 0 Å². The monoisotopic (exact) mass is 225 g/mol. The zero-order valence-electron chi connectivity index (χ0n) is 8.71. The summed E-state index contributed by atoms with van der Waals surface area (Å²) in [4.78, 5) is 0. The molecular weight excluding hydrogens is 210 g/mol. The van der Waals surface area contributed by atoms with Crippen molar-refractivity contribution in [3.63, 3.8) is 0 Å². The third kappa shape index (κ3) is 3.49. The van der Waals surface area contributed by atoms with Crippen LogP contribution in [0, 0.1) is 0 Å². The van der Waals surface area contributed by atoms with E-state index in [1.807, 2.05) is 24.3 Å². The first-order chi connectivity index (χ1) is 7.34. The number of hydrogen-bond acceptors (Lipinski definition) is 2. The Balaban J connectivity index is 1.79. The topological polar surface area (TPSA) is 21.3 Å². The van der Waals surface area contributed by atoms with Gasteiger partial charge in [-0.2, -0.15) is 0 Å². The summed E-state index contributed by atoms with van der Waals surface area (Å²) < 4.78 is 5.83. The Morgan fingerprint density at radius 2 is 1.87 bits per heavy atom. The lowest BCUT2D eigenvalue weighted by atomic mass is 10.1. The van der Waals surface area contributed by atoms with Crippen LogP contribution in [0.3, 0.4) is 0 Å². The molecule has 1 aliphatic heterocycles. The molecular formula is C12H16ClNO. The lowest BCUT2D eigenvalue weighted by Gasteiger charge is -2.22. The van der Waals surface area contributed by atoms with Crippen LogP contribution in [0.2, 0.25) is 5.02 Å². The molecule has 3 heteroatoms. The zero-order valence-corrected chi connectivity index (χ0v) is 9.46. The lowest BCUT2D eigenvalue weighted by molar-refractivity contribution is 0.0212. The highest BCUT2D eigenvalue weighted by Crippen LogP contribution is 2.13. The van der Waals surface area contributed by atoms with Crippen molar-refractivity contribution in [1.82, 2.24) is 5.32 Å². The van der Waals surface area contributed by atoms with Crippen LogP contribution in [-0.2, 0) is 11.3 Å². The van der Waals surface area contributed by atoms with Gasteiger partial charge in [-0.25, -0.2) is 0 Å². The van der Waals surface area contributed by atoms with Gasteiger partial charge in [-0.05, 0) is 43.6 Å². The van der Waals surface area contributed by atoms with E-state index in [4.69, 9.17) is 16.3 Å². The van der Waals surface area contributed by atoms with E-state index in [0.717, 1.165) is 31.0 Å². The summed E-state index contributed by atoms with van der Waals surface area (Å²) in [6.45, 7) is 2.85. The first kappa shape index (κ1) is 10.9. The van der Waals surface area contributed by atoms with E-state index in [1.54, 1.807) is 0 Å². The molecule has 1 aliphatic rings. The van der Waals surface area contributed by atoms with Gasteiger partial charge in [-0.1, -0.05) is 23.7 Å². The van der Waals surface area contributed by atoms with Gasteiger partial charge in [0.2, 0.25) is 0 Å². The fourth-order valence-corrected chi connectivity index (χ4v) is 1.88. The van der Waals surface area contributed by atoms with Gasteiger partial charge in [0.05, 0.1) is 12.7 Å². The Labute approximate surface area is 95.6 Å². The van der Waals surface area contributed by atoms with Crippen molar-refractivity contribution in [2.24, 2.45) is 0 Å². The minimum absolute atomic E-state index is 0.418. The Hall–Kier alpha value is -0.570. The summed E-state index contributed by atoms with van der Waals surface area (Å²) in [5, 5.41) is 4.10. The van der Waals surface area contributed by atoms with Gasteiger partial charge in [0.1, 0.15) is 0 Å². The van der Waals surface area contributed by atoms with Crippen LogP contribution >= 0.6 is 11.6 Å². The molecule has 1 heterocycles. The molecule has 2 rings (SSSR count). The van der Waals surface area contributed by atoms with Crippen molar-refractivity contribution in [2.45, 2.75) is 25.6 Å². The van der Waals surface area contributed by atoms with E-state index in [0.29, 0.717) is 12.7 Å². The molecule has 1 aromatic rings. The second-order valence-corrected chi connectivity index (χ2v) is 4.32. The van der Waals surface area contributed by atoms with Crippen molar-refractivity contribution in [3.8, 4) is 0 Å². The van der Waals surface area contributed by atoms with Crippen LogP contribution < -0.4 is 5.32 Å². The maximum absolute atomic E-state index is 5.83. The molecule has 1 N–H and O–H groups in total. The number of piperidine rings is 1. The zero-order chi connectivity index (χ0) is 10.5. The lowest BCUT2D eigenvalue weighted by Crippen LogP contribution is -2.32. The van der Waals surface area contributed by atoms with Crippen molar-refractivity contribution in [2.75, 3.05) is 13.1 Å². The van der Waals surface area contributed by atoms with E-state index >= 15 is 0 Å². The van der Waals surface area contributed by atoms with Crippen LogP contribution in [0.1, 0.15) is 18.4 Å². The standard InChI is InChI=1S/C12H16ClNO/c13-11-3-1-10(2-4-11)9-15-12-5-7-14-8-6-12/h1-4,12,14H,5-9H2. The fraction of sp³-hybridized carbons (Fsp3) is 0.500. The average Bonchev–Trinajstić information content (AvgIpc) is 2.30. The van der Waals surface area contributed by atoms with Crippen molar-refractivity contribution >= 4 is 11.6 Å². The van der Waals surface area contributed by atoms with Gasteiger partial charge in [-0.3, -0.25) is 0 Å². The Morgan fingerprint density at radius 3 is 2.53 bits per heavy atom. The molecule has 0 spiro atoms. The van der Waals surface area contributed by atoms with E-state index < -0.39 is 0 Å². The number of nitrogens with one attached hydrogen (secondary N) is 1. The molecule has 1 saturated heterocycles. The minimum atomic E-state index is 0.418. The maximum atomic E-state index is 5.83. The molecule has 0 amide bonds. The van der Waals surface area contributed by atoms with Gasteiger partial charge in [0.15, 0.2) is 0 Å². The van der Waals surface area contributed by atoms with E-state index in [9.17, 15) is 0 Å². The van der Waals surface area contributed by atoms with Gasteiger partial charge < -0.3 is 10.1 Å². The molecule has 1 fully saturated rings. The molecule has 0 aliphatic carbocycles. The second-order valence-electron chi connectivity index (χ2n) is 3.89. The van der Waals surface area contributed by atoms with Crippen LogP contribution in [0.4, 0.5) is 0 Å². The summed E-state index contributed by atoms with van der Waals surface area (Å²) in [5.74, 6) is 0. The number of benzene rings is 1. The predicted octanol–water partition coefficient (Wildman–Crippen LogP) is 2.61. The third-order valence-corrected chi connectivity index (χ3v) is 2.94. The molecule has 0 bridgehead atoms. The molecule has 0 aromatic heterocycles. The summed E-state index contributed by atoms with van der Waals surface area (Å²) in [7, 11) is 0. The van der Waals surface area contributed by atoms with Crippen LogP contribution in [0.5, 0.6) is 0 Å². The maximum Gasteiger partial charge on any atom is 0.0720 e. The van der Waals surface area contributed by atoms with Gasteiger partial charge in [0, 0.05) is 5.02 Å². The number of rotatable bonds is 3. The average molecular weight is 226 g/mol.